The van der Waals surface area contributed by atoms with Gasteiger partial charge in [-0.05, 0) is 36.5 Å². The Balaban J connectivity index is 2.10. The third kappa shape index (κ3) is 5.04. The lowest BCUT2D eigenvalue weighted by atomic mass is 9.64. The molecule has 0 aromatic heterocycles. The standard InChI is InChI=1S/C19H30N4O6/c1-10(2)13(14(25)21-16(20)27)29-12(24)8-23-15(26)19(22-17(23)28)7-11(3)6-18(4,5)9-19/h10-11,13H,6-9H2,1-5H3,(H,22,28)(H3,20,21,25,27)/t11-,13-,19-/m0/s1. The second-order valence-electron chi connectivity index (χ2n) is 9.27. The van der Waals surface area contributed by atoms with E-state index in [1.807, 2.05) is 26.1 Å². The third-order valence-corrected chi connectivity index (χ3v) is 5.28. The molecule has 0 bridgehead atoms. The summed E-state index contributed by atoms with van der Waals surface area (Å²) in [6, 6.07) is -1.72. The molecule has 1 aliphatic heterocycles. The number of carbonyl (C=O) groups excluding carboxylic acids is 5. The van der Waals surface area contributed by atoms with Gasteiger partial charge in [0.2, 0.25) is 0 Å². The van der Waals surface area contributed by atoms with Crippen LogP contribution in [-0.2, 0) is 19.1 Å². The van der Waals surface area contributed by atoms with Crippen LogP contribution in [0.15, 0.2) is 0 Å². The first kappa shape index (κ1) is 22.6. The second kappa shape index (κ2) is 8.00. The lowest BCUT2D eigenvalue weighted by molar-refractivity contribution is -0.160. The molecule has 0 unspecified atom stereocenters. The lowest BCUT2D eigenvalue weighted by Crippen LogP contribution is -2.54. The SMILES string of the molecule is CC(C)[C@H](OC(=O)CN1C(=O)N[C@]2(C[C@@H](C)CC(C)(C)C2)C1=O)C(=O)NC(N)=O. The van der Waals surface area contributed by atoms with Gasteiger partial charge in [-0.1, -0.05) is 34.6 Å². The Labute approximate surface area is 169 Å². The molecule has 4 N–H and O–H groups in total. The minimum Gasteiger partial charge on any atom is -0.451 e. The Morgan fingerprint density at radius 2 is 1.90 bits per heavy atom. The van der Waals surface area contributed by atoms with Crippen LogP contribution in [0.4, 0.5) is 9.59 Å². The van der Waals surface area contributed by atoms with E-state index < -0.39 is 54.0 Å². The van der Waals surface area contributed by atoms with Crippen molar-refractivity contribution in [1.82, 2.24) is 15.5 Å². The molecular weight excluding hydrogens is 380 g/mol. The van der Waals surface area contributed by atoms with Crippen LogP contribution in [0.2, 0.25) is 0 Å². The molecule has 2 fully saturated rings. The summed E-state index contributed by atoms with van der Waals surface area (Å²) in [4.78, 5) is 61.6. The van der Waals surface area contributed by atoms with Crippen LogP contribution in [0.3, 0.4) is 0 Å². The first-order valence-corrected chi connectivity index (χ1v) is 9.70. The van der Waals surface area contributed by atoms with Crippen LogP contribution in [0, 0.1) is 17.3 Å². The maximum atomic E-state index is 13.1. The summed E-state index contributed by atoms with van der Waals surface area (Å²) in [5.41, 5.74) is 3.76. The molecule has 1 saturated carbocycles. The Hall–Kier alpha value is -2.65. The fourth-order valence-electron chi connectivity index (χ4n) is 4.64. The molecule has 162 valence electrons. The van der Waals surface area contributed by atoms with E-state index in [9.17, 15) is 24.0 Å². The number of carbonyl (C=O) groups is 5. The Kier molecular flexibility index (Phi) is 6.24. The minimum absolute atomic E-state index is 0.132. The number of ether oxygens (including phenoxy) is 1. The average molecular weight is 410 g/mol. The topological polar surface area (TPSA) is 148 Å². The van der Waals surface area contributed by atoms with Crippen molar-refractivity contribution in [1.29, 1.82) is 0 Å². The summed E-state index contributed by atoms with van der Waals surface area (Å²) in [5, 5.41) is 4.64. The monoisotopic (exact) mass is 410 g/mol. The highest BCUT2D eigenvalue weighted by Crippen LogP contribution is 2.46. The number of primary amides is 1. The van der Waals surface area contributed by atoms with Crippen molar-refractivity contribution in [2.24, 2.45) is 23.0 Å². The van der Waals surface area contributed by atoms with Crippen LogP contribution in [0.25, 0.3) is 0 Å². The fourth-order valence-corrected chi connectivity index (χ4v) is 4.64. The molecule has 29 heavy (non-hydrogen) atoms. The van der Waals surface area contributed by atoms with Crippen molar-refractivity contribution in [3.8, 4) is 0 Å². The molecule has 10 nitrogen and oxygen atoms in total. The summed E-state index contributed by atoms with van der Waals surface area (Å²) >= 11 is 0. The molecular formula is C19H30N4O6. The van der Waals surface area contributed by atoms with Gasteiger partial charge in [-0.2, -0.15) is 0 Å². The van der Waals surface area contributed by atoms with Crippen molar-refractivity contribution < 1.29 is 28.7 Å². The van der Waals surface area contributed by atoms with E-state index in [1.54, 1.807) is 13.8 Å². The number of nitrogens with two attached hydrogens (primary N) is 1. The number of imide groups is 2. The quantitative estimate of drug-likeness (QED) is 0.453. The van der Waals surface area contributed by atoms with Gasteiger partial charge in [-0.3, -0.25) is 24.6 Å². The van der Waals surface area contributed by atoms with Gasteiger partial charge in [0.1, 0.15) is 12.1 Å². The number of amides is 6. The Bertz CT molecular complexity index is 734. The lowest BCUT2D eigenvalue weighted by Gasteiger charge is -2.43. The highest BCUT2D eigenvalue weighted by molar-refractivity contribution is 6.09. The largest absolute Gasteiger partial charge is 0.451 e. The van der Waals surface area contributed by atoms with Crippen molar-refractivity contribution >= 4 is 29.8 Å². The first-order chi connectivity index (χ1) is 13.3. The average Bonchev–Trinajstić information content (AvgIpc) is 2.73. The summed E-state index contributed by atoms with van der Waals surface area (Å²) < 4.78 is 5.14. The normalized spacial score (nSPS) is 27.0. The molecule has 2 rings (SSSR count). The van der Waals surface area contributed by atoms with E-state index in [1.165, 1.54) is 0 Å². The molecule has 10 heteroatoms. The van der Waals surface area contributed by atoms with Crippen LogP contribution in [0.5, 0.6) is 0 Å². The van der Waals surface area contributed by atoms with E-state index in [4.69, 9.17) is 10.5 Å². The third-order valence-electron chi connectivity index (χ3n) is 5.28. The molecule has 2 aliphatic rings. The number of urea groups is 2. The maximum absolute atomic E-state index is 13.1. The number of esters is 1. The van der Waals surface area contributed by atoms with Crippen LogP contribution >= 0.6 is 0 Å². The minimum atomic E-state index is -1.28. The van der Waals surface area contributed by atoms with Crippen LogP contribution < -0.4 is 16.4 Å². The van der Waals surface area contributed by atoms with Gasteiger partial charge < -0.3 is 15.8 Å². The summed E-state index contributed by atoms with van der Waals surface area (Å²) in [7, 11) is 0. The zero-order valence-corrected chi connectivity index (χ0v) is 17.5. The Morgan fingerprint density at radius 1 is 1.28 bits per heavy atom. The van der Waals surface area contributed by atoms with E-state index in [0.717, 1.165) is 11.3 Å². The van der Waals surface area contributed by atoms with E-state index >= 15 is 0 Å². The number of rotatable bonds is 5. The highest BCUT2D eigenvalue weighted by atomic mass is 16.5. The fraction of sp³-hybridized carbons (Fsp3) is 0.737. The molecule has 0 radical (unpaired) electrons. The van der Waals surface area contributed by atoms with E-state index in [-0.39, 0.29) is 11.3 Å². The molecule has 6 amide bonds. The van der Waals surface area contributed by atoms with Gasteiger partial charge in [0.05, 0.1) is 0 Å². The molecule has 1 heterocycles. The molecule has 3 atom stereocenters. The first-order valence-electron chi connectivity index (χ1n) is 9.70. The van der Waals surface area contributed by atoms with Gasteiger partial charge in [0.15, 0.2) is 6.10 Å². The van der Waals surface area contributed by atoms with Crippen LogP contribution in [-0.4, -0.2) is 52.9 Å². The predicted molar refractivity (Wildman–Crippen MR) is 102 cm³/mol. The smallest absolute Gasteiger partial charge is 0.327 e. The van der Waals surface area contributed by atoms with Gasteiger partial charge in [0.25, 0.3) is 11.8 Å². The van der Waals surface area contributed by atoms with Gasteiger partial charge >= 0.3 is 18.0 Å². The van der Waals surface area contributed by atoms with Crippen molar-refractivity contribution in [3.63, 3.8) is 0 Å². The van der Waals surface area contributed by atoms with Gasteiger partial charge in [-0.25, -0.2) is 9.59 Å². The molecule has 1 spiro atoms. The number of nitrogens with zero attached hydrogens (tertiary/aromatic N) is 1. The number of hydrogen-bond donors (Lipinski definition) is 3. The molecule has 1 saturated heterocycles. The summed E-state index contributed by atoms with van der Waals surface area (Å²) in [6.45, 7) is 8.74. The second-order valence-corrected chi connectivity index (χ2v) is 9.27. The van der Waals surface area contributed by atoms with Gasteiger partial charge in [0, 0.05) is 0 Å². The molecule has 1 aliphatic carbocycles. The number of hydrogen-bond acceptors (Lipinski definition) is 6. The predicted octanol–water partition coefficient (Wildman–Crippen LogP) is 0.886. The molecule has 0 aromatic rings. The van der Waals surface area contributed by atoms with Crippen molar-refractivity contribution in [2.75, 3.05) is 6.54 Å². The maximum Gasteiger partial charge on any atom is 0.327 e. The van der Waals surface area contributed by atoms with Crippen LogP contribution in [0.1, 0.15) is 53.9 Å². The summed E-state index contributed by atoms with van der Waals surface area (Å²) in [5.74, 6) is -2.46. The number of nitrogens with one attached hydrogen (secondary N) is 2. The zero-order chi connectivity index (χ0) is 22.1. The molecule has 0 aromatic carbocycles. The van der Waals surface area contributed by atoms with Crippen molar-refractivity contribution in [3.05, 3.63) is 0 Å². The van der Waals surface area contributed by atoms with Crippen molar-refractivity contribution in [2.45, 2.75) is 65.5 Å². The van der Waals surface area contributed by atoms with Gasteiger partial charge in [-0.15, -0.1) is 0 Å². The Morgan fingerprint density at radius 3 is 2.41 bits per heavy atom. The highest BCUT2D eigenvalue weighted by Gasteiger charge is 2.56. The van der Waals surface area contributed by atoms with E-state index in [2.05, 4.69) is 5.32 Å². The zero-order valence-electron chi connectivity index (χ0n) is 17.5. The summed E-state index contributed by atoms with van der Waals surface area (Å²) in [6.07, 6.45) is 0.641. The van der Waals surface area contributed by atoms with E-state index in [0.29, 0.717) is 12.8 Å².